The monoisotopic (exact) mass is 275 g/mol. The van der Waals surface area contributed by atoms with E-state index in [1.165, 1.54) is 6.92 Å². The third-order valence-corrected chi connectivity index (χ3v) is 2.56. The Balaban J connectivity index is 2.46. The largest absolute Gasteiger partial charge is 0.405 e. The van der Waals surface area contributed by atoms with Crippen molar-refractivity contribution in [3.63, 3.8) is 0 Å². The summed E-state index contributed by atoms with van der Waals surface area (Å²) in [5.74, 6) is -0.682. The van der Waals surface area contributed by atoms with Gasteiger partial charge in [0.1, 0.15) is 6.54 Å². The highest BCUT2D eigenvalue weighted by molar-refractivity contribution is 5.81. The van der Waals surface area contributed by atoms with Gasteiger partial charge in [0.25, 0.3) is 0 Å². The van der Waals surface area contributed by atoms with Crippen LogP contribution in [-0.4, -0.2) is 29.7 Å². The summed E-state index contributed by atoms with van der Waals surface area (Å²) in [7, 11) is 0. The van der Waals surface area contributed by atoms with Crippen molar-refractivity contribution in [2.45, 2.75) is 32.1 Å². The molecule has 2 N–H and O–H groups in total. The molecular weight excluding hydrogens is 259 g/mol. The molecule has 0 aromatic carbocycles. The Labute approximate surface area is 109 Å². The third kappa shape index (κ3) is 5.69. The van der Waals surface area contributed by atoms with Gasteiger partial charge in [0.15, 0.2) is 0 Å². The number of alkyl halides is 3. The maximum Gasteiger partial charge on any atom is 0.405 e. The van der Waals surface area contributed by atoms with E-state index in [0.29, 0.717) is 0 Å². The van der Waals surface area contributed by atoms with E-state index in [1.807, 2.05) is 12.2 Å². The molecule has 1 heterocycles. The van der Waals surface area contributed by atoms with Gasteiger partial charge >= 0.3 is 6.18 Å². The zero-order chi connectivity index (χ0) is 14.5. The quantitative estimate of drug-likeness (QED) is 0.861. The van der Waals surface area contributed by atoms with Crippen LogP contribution in [0.3, 0.4) is 0 Å². The summed E-state index contributed by atoms with van der Waals surface area (Å²) < 4.78 is 35.9. The van der Waals surface area contributed by atoms with Crippen molar-refractivity contribution in [1.82, 2.24) is 15.6 Å². The van der Waals surface area contributed by atoms with Gasteiger partial charge in [-0.3, -0.25) is 15.1 Å². The van der Waals surface area contributed by atoms with Crippen LogP contribution in [0, 0.1) is 0 Å². The van der Waals surface area contributed by atoms with Gasteiger partial charge in [-0.1, -0.05) is 0 Å². The van der Waals surface area contributed by atoms with Gasteiger partial charge in [-0.2, -0.15) is 13.2 Å². The highest BCUT2D eigenvalue weighted by Gasteiger charge is 2.28. The van der Waals surface area contributed by atoms with Crippen LogP contribution in [0.2, 0.25) is 0 Å². The van der Waals surface area contributed by atoms with Crippen molar-refractivity contribution >= 4 is 5.91 Å². The molecule has 19 heavy (non-hydrogen) atoms. The van der Waals surface area contributed by atoms with E-state index in [2.05, 4.69) is 10.3 Å². The van der Waals surface area contributed by atoms with Gasteiger partial charge in [0.2, 0.25) is 5.91 Å². The standard InChI is InChI=1S/C12H16F3N3O/c1-8(10-3-5-16-6-4-10)18-9(2)11(19)17-7-12(13,14)15/h3-6,8-9,18H,7H2,1-2H3,(H,17,19)/t8-,9?/m1/s1. The molecule has 1 unspecified atom stereocenters. The second-order valence-corrected chi connectivity index (χ2v) is 4.22. The Morgan fingerprint density at radius 2 is 1.89 bits per heavy atom. The van der Waals surface area contributed by atoms with Crippen LogP contribution in [0.4, 0.5) is 13.2 Å². The summed E-state index contributed by atoms with van der Waals surface area (Å²) in [6.07, 6.45) is -1.17. The molecule has 0 bridgehead atoms. The molecule has 4 nitrogen and oxygen atoms in total. The number of nitrogens with one attached hydrogen (secondary N) is 2. The lowest BCUT2D eigenvalue weighted by atomic mass is 10.1. The molecular formula is C12H16F3N3O. The molecule has 0 spiro atoms. The fourth-order valence-corrected chi connectivity index (χ4v) is 1.54. The molecule has 1 aromatic heterocycles. The lowest BCUT2D eigenvalue weighted by Crippen LogP contribution is -2.45. The van der Waals surface area contributed by atoms with Gasteiger partial charge in [0.05, 0.1) is 6.04 Å². The Bertz CT molecular complexity index is 408. The Morgan fingerprint density at radius 1 is 1.32 bits per heavy atom. The molecule has 7 heteroatoms. The highest BCUT2D eigenvalue weighted by Crippen LogP contribution is 2.13. The molecule has 1 rings (SSSR count). The third-order valence-electron chi connectivity index (χ3n) is 2.56. The van der Waals surface area contributed by atoms with Gasteiger partial charge in [0, 0.05) is 18.4 Å². The van der Waals surface area contributed by atoms with Gasteiger partial charge < -0.3 is 5.32 Å². The first-order valence-electron chi connectivity index (χ1n) is 5.80. The van der Waals surface area contributed by atoms with E-state index in [4.69, 9.17) is 0 Å². The van der Waals surface area contributed by atoms with E-state index in [1.54, 1.807) is 24.5 Å². The van der Waals surface area contributed by atoms with E-state index in [0.717, 1.165) is 5.56 Å². The topological polar surface area (TPSA) is 54.0 Å². The second kappa shape index (κ2) is 6.51. The molecule has 0 radical (unpaired) electrons. The SMILES string of the molecule is CC(N[C@H](C)c1ccncc1)C(=O)NCC(F)(F)F. The number of halogens is 3. The van der Waals surface area contributed by atoms with Crippen LogP contribution >= 0.6 is 0 Å². The Kier molecular flexibility index (Phi) is 5.29. The number of aromatic nitrogens is 1. The summed E-state index contributed by atoms with van der Waals surface area (Å²) in [5, 5.41) is 4.77. The predicted molar refractivity (Wildman–Crippen MR) is 64.3 cm³/mol. The second-order valence-electron chi connectivity index (χ2n) is 4.22. The van der Waals surface area contributed by atoms with Crippen LogP contribution in [0.25, 0.3) is 0 Å². The van der Waals surface area contributed by atoms with Gasteiger partial charge in [-0.25, -0.2) is 0 Å². The lowest BCUT2D eigenvalue weighted by molar-refractivity contribution is -0.139. The van der Waals surface area contributed by atoms with Gasteiger partial charge in [-0.05, 0) is 31.5 Å². The first-order chi connectivity index (χ1) is 8.79. The molecule has 0 fully saturated rings. The van der Waals surface area contributed by atoms with Crippen LogP contribution in [0.15, 0.2) is 24.5 Å². The molecule has 0 saturated carbocycles. The van der Waals surface area contributed by atoms with E-state index in [-0.39, 0.29) is 6.04 Å². The zero-order valence-corrected chi connectivity index (χ0v) is 10.7. The lowest BCUT2D eigenvalue weighted by Gasteiger charge is -2.20. The normalized spacial score (nSPS) is 14.8. The van der Waals surface area contributed by atoms with Crippen molar-refractivity contribution in [2.75, 3.05) is 6.54 Å². The minimum atomic E-state index is -4.40. The van der Waals surface area contributed by atoms with Crippen LogP contribution in [-0.2, 0) is 4.79 Å². The van der Waals surface area contributed by atoms with Crippen LogP contribution < -0.4 is 10.6 Å². The maximum absolute atomic E-state index is 12.0. The average molecular weight is 275 g/mol. The van der Waals surface area contributed by atoms with Crippen LogP contribution in [0.1, 0.15) is 25.5 Å². The molecule has 0 saturated heterocycles. The molecule has 0 aliphatic heterocycles. The molecule has 2 atom stereocenters. The molecule has 1 aromatic rings. The van der Waals surface area contributed by atoms with Crippen LogP contribution in [0.5, 0.6) is 0 Å². The fourth-order valence-electron chi connectivity index (χ4n) is 1.54. The number of rotatable bonds is 5. The minimum absolute atomic E-state index is 0.158. The molecule has 0 aliphatic carbocycles. The van der Waals surface area contributed by atoms with E-state index >= 15 is 0 Å². The number of carbonyl (C=O) groups excluding carboxylic acids is 1. The van der Waals surface area contributed by atoms with Crippen molar-refractivity contribution in [2.24, 2.45) is 0 Å². The number of nitrogens with zero attached hydrogens (tertiary/aromatic N) is 1. The fraction of sp³-hybridized carbons (Fsp3) is 0.500. The zero-order valence-electron chi connectivity index (χ0n) is 10.7. The van der Waals surface area contributed by atoms with Crippen molar-refractivity contribution in [3.05, 3.63) is 30.1 Å². The maximum atomic E-state index is 12.0. The summed E-state index contributed by atoms with van der Waals surface area (Å²) in [5.41, 5.74) is 0.908. The number of carbonyl (C=O) groups is 1. The summed E-state index contributed by atoms with van der Waals surface area (Å²) in [6.45, 7) is 2.02. The Hall–Kier alpha value is -1.63. The smallest absolute Gasteiger partial charge is 0.346 e. The number of hydrogen-bond acceptors (Lipinski definition) is 3. The van der Waals surface area contributed by atoms with Crippen molar-refractivity contribution < 1.29 is 18.0 Å². The first kappa shape index (κ1) is 15.4. The summed E-state index contributed by atoms with van der Waals surface area (Å²) in [4.78, 5) is 15.3. The van der Waals surface area contributed by atoms with E-state index < -0.39 is 24.7 Å². The highest BCUT2D eigenvalue weighted by atomic mass is 19.4. The van der Waals surface area contributed by atoms with E-state index in [9.17, 15) is 18.0 Å². The molecule has 1 amide bonds. The Morgan fingerprint density at radius 3 is 2.42 bits per heavy atom. The summed E-state index contributed by atoms with van der Waals surface area (Å²) in [6, 6.07) is 2.68. The predicted octanol–water partition coefficient (Wildman–Crippen LogP) is 1.80. The minimum Gasteiger partial charge on any atom is -0.346 e. The molecule has 0 aliphatic rings. The number of hydrogen-bond donors (Lipinski definition) is 2. The van der Waals surface area contributed by atoms with Gasteiger partial charge in [-0.15, -0.1) is 0 Å². The van der Waals surface area contributed by atoms with Crippen molar-refractivity contribution in [3.8, 4) is 0 Å². The van der Waals surface area contributed by atoms with Crippen molar-refractivity contribution in [1.29, 1.82) is 0 Å². The number of amides is 1. The average Bonchev–Trinajstić information content (AvgIpc) is 2.36. The summed E-state index contributed by atoms with van der Waals surface area (Å²) >= 11 is 0. The number of pyridine rings is 1. The molecule has 106 valence electrons. The first-order valence-corrected chi connectivity index (χ1v) is 5.80.